The summed E-state index contributed by atoms with van der Waals surface area (Å²) in [6.45, 7) is 10.9. The molecule has 0 aromatic heterocycles. The molecule has 0 fully saturated rings. The quantitative estimate of drug-likeness (QED) is 0.734. The molecule has 0 heterocycles. The van der Waals surface area contributed by atoms with Gasteiger partial charge in [0.1, 0.15) is 6.04 Å². The van der Waals surface area contributed by atoms with Gasteiger partial charge in [-0.15, -0.1) is 0 Å². The molecule has 4 heteroatoms. The topological polar surface area (TPSA) is 52.6 Å². The van der Waals surface area contributed by atoms with Gasteiger partial charge in [0.25, 0.3) is 0 Å². The van der Waals surface area contributed by atoms with E-state index in [0.717, 1.165) is 18.7 Å². The van der Waals surface area contributed by atoms with E-state index in [0.29, 0.717) is 18.9 Å². The Morgan fingerprint density at radius 3 is 2.19 bits per heavy atom. The predicted molar refractivity (Wildman–Crippen MR) is 87.7 cm³/mol. The van der Waals surface area contributed by atoms with Crippen LogP contribution in [0.2, 0.25) is 0 Å². The third-order valence-electron chi connectivity index (χ3n) is 3.62. The number of hydrogen-bond donors (Lipinski definition) is 2. The van der Waals surface area contributed by atoms with E-state index in [1.54, 1.807) is 0 Å². The number of carboxylic acid groups (broad SMARTS) is 1. The van der Waals surface area contributed by atoms with Crippen LogP contribution in [0, 0.1) is 5.92 Å². The fourth-order valence-electron chi connectivity index (χ4n) is 2.40. The van der Waals surface area contributed by atoms with Crippen LogP contribution in [-0.2, 0) is 11.3 Å². The van der Waals surface area contributed by atoms with Crippen molar-refractivity contribution in [2.24, 2.45) is 5.92 Å². The minimum absolute atomic E-state index is 0.364. The van der Waals surface area contributed by atoms with Gasteiger partial charge in [-0.05, 0) is 43.9 Å². The fraction of sp³-hybridized carbons (Fsp3) is 0.588. The Balaban J connectivity index is 2.60. The Morgan fingerprint density at radius 1 is 1.19 bits per heavy atom. The Labute approximate surface area is 128 Å². The van der Waals surface area contributed by atoms with Crippen LogP contribution in [0.3, 0.4) is 0 Å². The summed E-state index contributed by atoms with van der Waals surface area (Å²) in [5.74, 6) is -0.410. The van der Waals surface area contributed by atoms with E-state index in [4.69, 9.17) is 0 Å². The average Bonchev–Trinajstić information content (AvgIpc) is 2.45. The number of hydrogen-bond acceptors (Lipinski definition) is 3. The van der Waals surface area contributed by atoms with Gasteiger partial charge in [0.2, 0.25) is 0 Å². The molecule has 4 nitrogen and oxygen atoms in total. The highest BCUT2D eigenvalue weighted by atomic mass is 16.4. The number of nitrogens with one attached hydrogen (secondary N) is 1. The molecule has 118 valence electrons. The van der Waals surface area contributed by atoms with Gasteiger partial charge in [0, 0.05) is 25.3 Å². The molecule has 0 aliphatic heterocycles. The molecular formula is C17H28N2O2. The van der Waals surface area contributed by atoms with E-state index in [9.17, 15) is 9.90 Å². The van der Waals surface area contributed by atoms with Gasteiger partial charge < -0.3 is 15.3 Å². The van der Waals surface area contributed by atoms with Crippen LogP contribution >= 0.6 is 0 Å². The van der Waals surface area contributed by atoms with E-state index in [1.807, 2.05) is 13.8 Å². The molecule has 1 rings (SSSR count). The average molecular weight is 292 g/mol. The van der Waals surface area contributed by atoms with Crippen LogP contribution in [0.15, 0.2) is 24.3 Å². The van der Waals surface area contributed by atoms with E-state index in [2.05, 4.69) is 48.3 Å². The van der Waals surface area contributed by atoms with Crippen LogP contribution in [-0.4, -0.2) is 30.2 Å². The van der Waals surface area contributed by atoms with Crippen LogP contribution in [0.5, 0.6) is 0 Å². The van der Waals surface area contributed by atoms with Gasteiger partial charge in [0.05, 0.1) is 0 Å². The van der Waals surface area contributed by atoms with Gasteiger partial charge in [-0.25, -0.2) is 0 Å². The van der Waals surface area contributed by atoms with Gasteiger partial charge in [-0.3, -0.25) is 4.79 Å². The van der Waals surface area contributed by atoms with Crippen LogP contribution < -0.4 is 10.2 Å². The van der Waals surface area contributed by atoms with Gasteiger partial charge in [0.15, 0.2) is 0 Å². The normalized spacial score (nSPS) is 12.4. The number of carboxylic acids is 1. The molecule has 2 N–H and O–H groups in total. The van der Waals surface area contributed by atoms with Gasteiger partial charge >= 0.3 is 5.97 Å². The third-order valence-corrected chi connectivity index (χ3v) is 3.62. The minimum atomic E-state index is -0.775. The first-order valence-electron chi connectivity index (χ1n) is 7.78. The smallest absolute Gasteiger partial charge is 0.320 e. The second kappa shape index (κ2) is 8.67. The molecule has 0 spiro atoms. The van der Waals surface area contributed by atoms with Crippen molar-refractivity contribution in [2.75, 3.05) is 18.0 Å². The summed E-state index contributed by atoms with van der Waals surface area (Å²) in [7, 11) is 0. The maximum Gasteiger partial charge on any atom is 0.320 e. The fourth-order valence-corrected chi connectivity index (χ4v) is 2.40. The zero-order valence-electron chi connectivity index (χ0n) is 13.6. The number of anilines is 1. The van der Waals surface area contributed by atoms with Crippen LogP contribution in [0.1, 0.15) is 39.7 Å². The molecule has 21 heavy (non-hydrogen) atoms. The third kappa shape index (κ3) is 5.76. The summed E-state index contributed by atoms with van der Waals surface area (Å²) in [5, 5.41) is 12.3. The highest BCUT2D eigenvalue weighted by molar-refractivity contribution is 5.73. The second-order valence-electron chi connectivity index (χ2n) is 5.74. The van der Waals surface area contributed by atoms with Crippen LogP contribution in [0.25, 0.3) is 0 Å². The van der Waals surface area contributed by atoms with Crippen molar-refractivity contribution in [1.82, 2.24) is 5.32 Å². The lowest BCUT2D eigenvalue weighted by Gasteiger charge is -2.21. The summed E-state index contributed by atoms with van der Waals surface area (Å²) in [6, 6.07) is 7.85. The zero-order valence-corrected chi connectivity index (χ0v) is 13.6. The first kappa shape index (κ1) is 17.5. The Morgan fingerprint density at radius 2 is 1.76 bits per heavy atom. The summed E-state index contributed by atoms with van der Waals surface area (Å²) >= 11 is 0. The maximum absolute atomic E-state index is 11.2. The molecule has 0 unspecified atom stereocenters. The predicted octanol–water partition coefficient (Wildman–Crippen LogP) is 3.12. The Kier molecular flexibility index (Phi) is 7.23. The zero-order chi connectivity index (χ0) is 15.8. The molecular weight excluding hydrogens is 264 g/mol. The summed E-state index contributed by atoms with van der Waals surface area (Å²) in [5.41, 5.74) is 2.32. The number of aliphatic carboxylic acids is 1. The van der Waals surface area contributed by atoms with Crippen LogP contribution in [0.4, 0.5) is 5.69 Å². The molecule has 0 saturated heterocycles. The molecule has 0 bridgehead atoms. The van der Waals surface area contributed by atoms with Crippen molar-refractivity contribution >= 4 is 11.7 Å². The molecule has 0 radical (unpaired) electrons. The number of benzene rings is 1. The Bertz CT molecular complexity index is 425. The van der Waals surface area contributed by atoms with E-state index in [1.165, 1.54) is 5.69 Å². The first-order valence-corrected chi connectivity index (χ1v) is 7.78. The summed E-state index contributed by atoms with van der Waals surface area (Å²) in [4.78, 5) is 13.5. The lowest BCUT2D eigenvalue weighted by Crippen LogP contribution is -2.37. The lowest BCUT2D eigenvalue weighted by atomic mass is 10.0. The van der Waals surface area contributed by atoms with E-state index in [-0.39, 0.29) is 0 Å². The number of nitrogens with zero attached hydrogens (tertiary/aromatic N) is 1. The van der Waals surface area contributed by atoms with Crippen molar-refractivity contribution in [3.05, 3.63) is 29.8 Å². The van der Waals surface area contributed by atoms with Crippen molar-refractivity contribution in [3.8, 4) is 0 Å². The van der Waals surface area contributed by atoms with Gasteiger partial charge in [-0.2, -0.15) is 0 Å². The lowest BCUT2D eigenvalue weighted by molar-refractivity contribution is -0.140. The van der Waals surface area contributed by atoms with Crippen molar-refractivity contribution in [3.63, 3.8) is 0 Å². The van der Waals surface area contributed by atoms with Crippen molar-refractivity contribution in [2.45, 2.75) is 46.7 Å². The second-order valence-corrected chi connectivity index (χ2v) is 5.74. The molecule has 1 aromatic rings. The monoisotopic (exact) mass is 292 g/mol. The van der Waals surface area contributed by atoms with E-state index >= 15 is 0 Å². The summed E-state index contributed by atoms with van der Waals surface area (Å²) in [6.07, 6.45) is 0.646. The molecule has 0 amide bonds. The van der Waals surface area contributed by atoms with Gasteiger partial charge in [-0.1, -0.05) is 26.0 Å². The highest BCUT2D eigenvalue weighted by Gasteiger charge is 2.17. The highest BCUT2D eigenvalue weighted by Crippen LogP contribution is 2.15. The molecule has 0 aliphatic rings. The molecule has 0 saturated carbocycles. The summed E-state index contributed by atoms with van der Waals surface area (Å²) < 4.78 is 0. The van der Waals surface area contributed by atoms with E-state index < -0.39 is 12.0 Å². The first-order chi connectivity index (χ1) is 9.97. The molecule has 0 aliphatic carbocycles. The minimum Gasteiger partial charge on any atom is -0.480 e. The largest absolute Gasteiger partial charge is 0.480 e. The maximum atomic E-state index is 11.2. The number of carbonyl (C=O) groups is 1. The van der Waals surface area contributed by atoms with Crippen molar-refractivity contribution < 1.29 is 9.90 Å². The molecule has 1 atom stereocenters. The molecule has 1 aromatic carbocycles. The van der Waals surface area contributed by atoms with Crippen molar-refractivity contribution in [1.29, 1.82) is 0 Å². The Hall–Kier alpha value is -1.55. The number of rotatable bonds is 9. The SMILES string of the molecule is CCN(CC)c1ccc(CN[C@@H](CC(C)C)C(=O)O)cc1. The standard InChI is InChI=1S/C17H28N2O2/c1-5-19(6-2)15-9-7-14(8-10-15)12-18-16(17(20)21)11-13(3)4/h7-10,13,16,18H,5-6,11-12H2,1-4H3,(H,20,21)/t16-/m0/s1.